The van der Waals surface area contributed by atoms with Gasteiger partial charge < -0.3 is 8.54 Å². The predicted molar refractivity (Wildman–Crippen MR) is 34.4 cm³/mol. The molecule has 0 saturated carbocycles. The van der Waals surface area contributed by atoms with Crippen LogP contribution in [0.1, 0.15) is 6.92 Å². The van der Waals surface area contributed by atoms with Crippen molar-refractivity contribution in [3.05, 3.63) is 12.3 Å². The quantitative estimate of drug-likeness (QED) is 0.409. The zero-order valence-corrected chi connectivity index (χ0v) is 6.81. The minimum absolute atomic E-state index is 0.180. The Hall–Kier alpha value is 0.0938. The molecule has 0 amide bonds. The molecule has 0 fully saturated rings. The Morgan fingerprint density at radius 1 is 1.75 bits per heavy atom. The van der Waals surface area contributed by atoms with Crippen molar-refractivity contribution in [2.24, 2.45) is 0 Å². The maximum absolute atomic E-state index is 4.94. The highest BCUT2D eigenvalue weighted by atomic mass is 28.3. The first kappa shape index (κ1) is 8.09. The standard InChI is InChI=1S/C4H8O2Si2/c1-3-5-8-6-7-4-2/h4H,2-3H2,1H3. The summed E-state index contributed by atoms with van der Waals surface area (Å²) in [5.41, 5.74) is 1.73. The normalized spacial score (nSPS) is 9.12. The van der Waals surface area contributed by atoms with Gasteiger partial charge in [-0.15, -0.1) is 6.58 Å². The van der Waals surface area contributed by atoms with Gasteiger partial charge in [-0.2, -0.15) is 0 Å². The van der Waals surface area contributed by atoms with E-state index in [1.54, 1.807) is 5.70 Å². The molecule has 4 radical (unpaired) electrons. The van der Waals surface area contributed by atoms with Gasteiger partial charge in [-0.25, -0.2) is 0 Å². The van der Waals surface area contributed by atoms with Crippen LogP contribution in [0.15, 0.2) is 12.3 Å². The van der Waals surface area contributed by atoms with E-state index in [0.29, 0.717) is 9.76 Å². The van der Waals surface area contributed by atoms with Crippen LogP contribution in [0.2, 0.25) is 0 Å². The van der Waals surface area contributed by atoms with Crippen LogP contribution < -0.4 is 0 Å². The van der Waals surface area contributed by atoms with Gasteiger partial charge in [0.15, 0.2) is 0 Å². The molecule has 0 aliphatic heterocycles. The highest BCUT2D eigenvalue weighted by molar-refractivity contribution is 6.43. The van der Waals surface area contributed by atoms with Crippen LogP contribution in [0, 0.1) is 0 Å². The zero-order chi connectivity index (χ0) is 6.24. The first-order valence-electron chi connectivity index (χ1n) is 2.31. The van der Waals surface area contributed by atoms with Crippen LogP contribution in [0.4, 0.5) is 0 Å². The van der Waals surface area contributed by atoms with Gasteiger partial charge in [0.25, 0.3) is 0 Å². The molecule has 0 atom stereocenters. The monoisotopic (exact) mass is 144 g/mol. The minimum Gasteiger partial charge on any atom is -0.431 e. The fourth-order valence-electron chi connectivity index (χ4n) is 0.154. The van der Waals surface area contributed by atoms with E-state index in [0.717, 1.165) is 6.61 Å². The summed E-state index contributed by atoms with van der Waals surface area (Å²) in [6.07, 6.45) is 0. The van der Waals surface area contributed by atoms with Gasteiger partial charge in [0, 0.05) is 6.61 Å². The Balaban J connectivity index is 2.62. The van der Waals surface area contributed by atoms with Crippen LogP contribution in [0.25, 0.3) is 0 Å². The van der Waals surface area contributed by atoms with Crippen molar-refractivity contribution in [3.8, 4) is 0 Å². The Bertz CT molecular complexity index is 58.0. The number of rotatable bonds is 5. The average Bonchev–Trinajstić information content (AvgIpc) is 1.81. The van der Waals surface area contributed by atoms with E-state index in [9.17, 15) is 0 Å². The van der Waals surface area contributed by atoms with E-state index in [-0.39, 0.29) is 10.0 Å². The SMILES string of the molecule is C=C[Si]O[Si]OCC. The summed E-state index contributed by atoms with van der Waals surface area (Å²) >= 11 is 0. The topological polar surface area (TPSA) is 18.5 Å². The molecule has 0 aliphatic rings. The lowest BCUT2D eigenvalue weighted by Gasteiger charge is -1.93. The summed E-state index contributed by atoms with van der Waals surface area (Å²) in [7, 11) is 0.556. The number of hydrogen-bond donors (Lipinski definition) is 0. The van der Waals surface area contributed by atoms with Crippen LogP contribution in [-0.2, 0) is 8.54 Å². The second kappa shape index (κ2) is 7.09. The first-order valence-corrected chi connectivity index (χ1v) is 4.11. The van der Waals surface area contributed by atoms with Gasteiger partial charge in [0.1, 0.15) is 0 Å². The third-order valence-electron chi connectivity index (χ3n) is 0.387. The molecule has 44 valence electrons. The minimum atomic E-state index is 0.180. The average molecular weight is 144 g/mol. The van der Waals surface area contributed by atoms with Crippen molar-refractivity contribution < 1.29 is 8.54 Å². The molecule has 0 spiro atoms. The van der Waals surface area contributed by atoms with Crippen LogP contribution in [0.5, 0.6) is 0 Å². The van der Waals surface area contributed by atoms with Crippen molar-refractivity contribution in [1.82, 2.24) is 0 Å². The van der Waals surface area contributed by atoms with Gasteiger partial charge in [-0.3, -0.25) is 0 Å². The molecule has 0 aliphatic carbocycles. The third-order valence-corrected chi connectivity index (χ3v) is 1.77. The molecule has 0 rings (SSSR count). The summed E-state index contributed by atoms with van der Waals surface area (Å²) in [5.74, 6) is 0. The van der Waals surface area contributed by atoms with Gasteiger partial charge >= 0.3 is 10.0 Å². The summed E-state index contributed by atoms with van der Waals surface area (Å²) in [6, 6.07) is 0. The van der Waals surface area contributed by atoms with Gasteiger partial charge in [-0.05, 0) is 6.92 Å². The van der Waals surface area contributed by atoms with E-state index in [2.05, 4.69) is 6.58 Å². The molecule has 0 saturated heterocycles. The Kier molecular flexibility index (Phi) is 7.18. The molecule has 8 heavy (non-hydrogen) atoms. The summed E-state index contributed by atoms with van der Waals surface area (Å²) in [6.45, 7) is 6.15. The molecule has 0 unspecified atom stereocenters. The van der Waals surface area contributed by atoms with Crippen LogP contribution in [0.3, 0.4) is 0 Å². The summed E-state index contributed by atoms with van der Waals surface area (Å²) in [5, 5.41) is 0. The van der Waals surface area contributed by atoms with E-state index in [1.807, 2.05) is 6.92 Å². The maximum atomic E-state index is 4.94. The zero-order valence-electron chi connectivity index (χ0n) is 4.81. The van der Waals surface area contributed by atoms with Gasteiger partial charge in [0.2, 0.25) is 9.76 Å². The molecular weight excluding hydrogens is 136 g/mol. The predicted octanol–water partition coefficient (Wildman–Crippen LogP) is 0.336. The van der Waals surface area contributed by atoms with E-state index in [4.69, 9.17) is 8.54 Å². The lowest BCUT2D eigenvalue weighted by Crippen LogP contribution is -2.05. The maximum Gasteiger partial charge on any atom is 0.421 e. The smallest absolute Gasteiger partial charge is 0.421 e. The highest BCUT2D eigenvalue weighted by Crippen LogP contribution is 1.70. The Labute approximate surface area is 54.9 Å². The number of hydrogen-bond acceptors (Lipinski definition) is 2. The molecule has 2 nitrogen and oxygen atoms in total. The van der Waals surface area contributed by atoms with Crippen molar-refractivity contribution in [1.29, 1.82) is 0 Å². The Morgan fingerprint density at radius 2 is 2.50 bits per heavy atom. The fourth-order valence-corrected chi connectivity index (χ4v) is 1.03. The van der Waals surface area contributed by atoms with Crippen molar-refractivity contribution in [2.75, 3.05) is 6.61 Å². The second-order valence-corrected chi connectivity index (χ2v) is 2.86. The second-order valence-electron chi connectivity index (χ2n) is 0.940. The largest absolute Gasteiger partial charge is 0.431 e. The fraction of sp³-hybridized carbons (Fsp3) is 0.500. The Morgan fingerprint density at radius 3 is 3.00 bits per heavy atom. The van der Waals surface area contributed by atoms with Crippen molar-refractivity contribution in [2.45, 2.75) is 6.92 Å². The van der Waals surface area contributed by atoms with Gasteiger partial charge in [0.05, 0.1) is 0 Å². The molecule has 4 heteroatoms. The molecule has 0 aromatic rings. The lowest BCUT2D eigenvalue weighted by molar-refractivity contribution is 0.313. The van der Waals surface area contributed by atoms with Crippen LogP contribution in [-0.4, -0.2) is 26.4 Å². The molecule has 0 heterocycles. The summed E-state index contributed by atoms with van der Waals surface area (Å²) in [4.78, 5) is 0. The summed E-state index contributed by atoms with van der Waals surface area (Å²) < 4.78 is 9.84. The third kappa shape index (κ3) is 6.09. The molecule has 0 bridgehead atoms. The molecule has 0 aromatic carbocycles. The van der Waals surface area contributed by atoms with Crippen LogP contribution >= 0.6 is 0 Å². The molecule has 0 aromatic heterocycles. The van der Waals surface area contributed by atoms with E-state index >= 15 is 0 Å². The van der Waals surface area contributed by atoms with Crippen molar-refractivity contribution in [3.63, 3.8) is 0 Å². The van der Waals surface area contributed by atoms with Gasteiger partial charge in [-0.1, -0.05) is 5.70 Å². The lowest BCUT2D eigenvalue weighted by atomic mass is 10.9. The first-order chi connectivity index (χ1) is 3.91. The molecular formula is C4H8O2Si2. The highest BCUT2D eigenvalue weighted by Gasteiger charge is 1.86. The van der Waals surface area contributed by atoms with E-state index < -0.39 is 0 Å². The van der Waals surface area contributed by atoms with E-state index in [1.165, 1.54) is 0 Å². The molecule has 0 N–H and O–H groups in total. The van der Waals surface area contributed by atoms with Crippen molar-refractivity contribution >= 4 is 19.8 Å².